The molecule has 0 spiro atoms. The maximum Gasteiger partial charge on any atom is 0.194 e. The van der Waals surface area contributed by atoms with Crippen LogP contribution in [0.2, 0.25) is 10.0 Å². The van der Waals surface area contributed by atoms with Crippen LogP contribution in [0.25, 0.3) is 22.2 Å². The SMILES string of the molecule is CS(=O)(=O)CC(=O)c1[nH]c2cc(Cl)c(Cl)cc2c1-c1ccccn1. The summed E-state index contributed by atoms with van der Waals surface area (Å²) in [7, 11) is -3.47. The van der Waals surface area contributed by atoms with Crippen molar-refractivity contribution in [2.45, 2.75) is 0 Å². The van der Waals surface area contributed by atoms with E-state index in [9.17, 15) is 13.2 Å². The van der Waals surface area contributed by atoms with Crippen LogP contribution in [0.15, 0.2) is 36.5 Å². The lowest BCUT2D eigenvalue weighted by atomic mass is 10.0. The van der Waals surface area contributed by atoms with Crippen molar-refractivity contribution in [1.29, 1.82) is 0 Å². The number of benzene rings is 1. The smallest absolute Gasteiger partial charge is 0.194 e. The second-order valence-corrected chi connectivity index (χ2v) is 8.35. The summed E-state index contributed by atoms with van der Waals surface area (Å²) in [5.74, 6) is -1.14. The molecular formula is C16H12Cl2N2O3S. The molecule has 0 aliphatic heterocycles. The van der Waals surface area contributed by atoms with Crippen molar-refractivity contribution in [2.75, 3.05) is 12.0 Å². The van der Waals surface area contributed by atoms with Gasteiger partial charge in [-0.05, 0) is 24.3 Å². The van der Waals surface area contributed by atoms with Crippen molar-refractivity contribution < 1.29 is 13.2 Å². The van der Waals surface area contributed by atoms with Crippen molar-refractivity contribution >= 4 is 49.7 Å². The van der Waals surface area contributed by atoms with E-state index in [1.54, 1.807) is 36.5 Å². The number of rotatable bonds is 4. The molecule has 24 heavy (non-hydrogen) atoms. The summed E-state index contributed by atoms with van der Waals surface area (Å²) in [4.78, 5) is 19.7. The quantitative estimate of drug-likeness (QED) is 0.696. The van der Waals surface area contributed by atoms with Crippen molar-refractivity contribution in [1.82, 2.24) is 9.97 Å². The number of aromatic amines is 1. The van der Waals surface area contributed by atoms with Crippen LogP contribution in [0, 0.1) is 0 Å². The Morgan fingerprint density at radius 1 is 1.21 bits per heavy atom. The van der Waals surface area contributed by atoms with Gasteiger partial charge in [-0.25, -0.2) is 8.42 Å². The molecule has 124 valence electrons. The van der Waals surface area contributed by atoms with Gasteiger partial charge >= 0.3 is 0 Å². The van der Waals surface area contributed by atoms with Crippen LogP contribution in [-0.2, 0) is 9.84 Å². The summed E-state index contributed by atoms with van der Waals surface area (Å²) in [6.45, 7) is 0. The van der Waals surface area contributed by atoms with Gasteiger partial charge < -0.3 is 4.98 Å². The van der Waals surface area contributed by atoms with E-state index in [0.29, 0.717) is 32.2 Å². The second-order valence-electron chi connectivity index (χ2n) is 5.40. The number of Topliss-reactive ketones (excluding diaryl/α,β-unsaturated/α-hetero) is 1. The highest BCUT2D eigenvalue weighted by atomic mass is 35.5. The number of carbonyl (C=O) groups excluding carboxylic acids is 1. The van der Waals surface area contributed by atoms with Crippen LogP contribution in [0.3, 0.4) is 0 Å². The summed E-state index contributed by atoms with van der Waals surface area (Å²) in [5.41, 5.74) is 1.81. The fraction of sp³-hybridized carbons (Fsp3) is 0.125. The Morgan fingerprint density at radius 2 is 1.92 bits per heavy atom. The van der Waals surface area contributed by atoms with E-state index in [2.05, 4.69) is 9.97 Å². The Morgan fingerprint density at radius 3 is 2.54 bits per heavy atom. The summed E-state index contributed by atoms with van der Waals surface area (Å²) in [6, 6.07) is 8.51. The Bertz CT molecular complexity index is 1040. The molecule has 2 aromatic heterocycles. The van der Waals surface area contributed by atoms with E-state index < -0.39 is 21.4 Å². The molecule has 0 bridgehead atoms. The molecule has 0 aliphatic carbocycles. The second kappa shape index (κ2) is 6.20. The van der Waals surface area contributed by atoms with Gasteiger partial charge in [0.25, 0.3) is 0 Å². The zero-order valence-electron chi connectivity index (χ0n) is 12.5. The minimum atomic E-state index is -3.47. The number of nitrogens with one attached hydrogen (secondary N) is 1. The van der Waals surface area contributed by atoms with Crippen LogP contribution in [0.5, 0.6) is 0 Å². The number of ketones is 1. The molecule has 0 unspecified atom stereocenters. The molecule has 1 N–H and O–H groups in total. The Balaban J connectivity index is 2.30. The summed E-state index contributed by atoms with van der Waals surface area (Å²) >= 11 is 12.1. The molecule has 0 fully saturated rings. The average molecular weight is 383 g/mol. The monoisotopic (exact) mass is 382 g/mol. The van der Waals surface area contributed by atoms with Crippen molar-refractivity contribution in [3.05, 3.63) is 52.3 Å². The largest absolute Gasteiger partial charge is 0.351 e. The Kier molecular flexibility index (Phi) is 4.38. The predicted molar refractivity (Wildman–Crippen MR) is 95.6 cm³/mol. The lowest BCUT2D eigenvalue weighted by Gasteiger charge is -2.04. The number of fused-ring (bicyclic) bond motifs is 1. The molecule has 5 nitrogen and oxygen atoms in total. The zero-order valence-corrected chi connectivity index (χ0v) is 14.8. The predicted octanol–water partition coefficient (Wildman–Crippen LogP) is 3.76. The van der Waals surface area contributed by atoms with Gasteiger partial charge in [0.15, 0.2) is 15.6 Å². The van der Waals surface area contributed by atoms with Gasteiger partial charge in [0.2, 0.25) is 0 Å². The van der Waals surface area contributed by atoms with Gasteiger partial charge in [0.1, 0.15) is 5.75 Å². The number of sulfone groups is 1. The first-order valence-electron chi connectivity index (χ1n) is 6.89. The summed E-state index contributed by atoms with van der Waals surface area (Å²) < 4.78 is 23.0. The highest BCUT2D eigenvalue weighted by Gasteiger charge is 2.23. The summed E-state index contributed by atoms with van der Waals surface area (Å²) in [5, 5.41) is 1.32. The van der Waals surface area contributed by atoms with Gasteiger partial charge in [-0.2, -0.15) is 0 Å². The van der Waals surface area contributed by atoms with E-state index in [-0.39, 0.29) is 5.69 Å². The van der Waals surface area contributed by atoms with Gasteiger partial charge in [-0.3, -0.25) is 9.78 Å². The van der Waals surface area contributed by atoms with Crippen LogP contribution in [0.4, 0.5) is 0 Å². The molecule has 1 aromatic carbocycles. The van der Waals surface area contributed by atoms with E-state index in [0.717, 1.165) is 6.26 Å². The number of H-pyrrole nitrogens is 1. The van der Waals surface area contributed by atoms with E-state index in [4.69, 9.17) is 23.2 Å². The van der Waals surface area contributed by atoms with Gasteiger partial charge in [-0.1, -0.05) is 29.3 Å². The lowest BCUT2D eigenvalue weighted by molar-refractivity contribution is 0.101. The van der Waals surface area contributed by atoms with Gasteiger partial charge in [0, 0.05) is 28.9 Å². The molecule has 0 saturated heterocycles. The fourth-order valence-electron chi connectivity index (χ4n) is 2.49. The topological polar surface area (TPSA) is 79.9 Å². The molecule has 2 heterocycles. The maximum absolute atomic E-state index is 12.5. The molecule has 8 heteroatoms. The Hall–Kier alpha value is -1.89. The normalized spacial score (nSPS) is 11.8. The number of carbonyl (C=O) groups is 1. The number of pyridine rings is 1. The number of aromatic nitrogens is 2. The lowest BCUT2D eigenvalue weighted by Crippen LogP contribution is -2.15. The van der Waals surface area contributed by atoms with E-state index in [1.807, 2.05) is 0 Å². The van der Waals surface area contributed by atoms with Crippen molar-refractivity contribution in [3.8, 4) is 11.3 Å². The molecular weight excluding hydrogens is 371 g/mol. The summed E-state index contributed by atoms with van der Waals surface area (Å²) in [6.07, 6.45) is 2.61. The zero-order chi connectivity index (χ0) is 17.5. The molecule has 0 aliphatic rings. The van der Waals surface area contributed by atoms with Crippen molar-refractivity contribution in [3.63, 3.8) is 0 Å². The number of hydrogen-bond acceptors (Lipinski definition) is 4. The standard InChI is InChI=1S/C16H12Cl2N2O3S/c1-24(22,23)8-14(21)16-15(12-4-2-3-5-19-12)9-6-10(17)11(18)7-13(9)20-16/h2-7,20H,8H2,1H3. The Labute approximate surface area is 148 Å². The molecule has 3 aromatic rings. The first-order valence-corrected chi connectivity index (χ1v) is 9.71. The number of hydrogen-bond donors (Lipinski definition) is 1. The van der Waals surface area contributed by atoms with Crippen LogP contribution in [0.1, 0.15) is 10.5 Å². The maximum atomic E-state index is 12.5. The van der Waals surface area contributed by atoms with Crippen LogP contribution < -0.4 is 0 Å². The van der Waals surface area contributed by atoms with Crippen molar-refractivity contribution in [2.24, 2.45) is 0 Å². The minimum Gasteiger partial charge on any atom is -0.351 e. The highest BCUT2D eigenvalue weighted by Crippen LogP contribution is 2.36. The minimum absolute atomic E-state index is 0.174. The van der Waals surface area contributed by atoms with Crippen LogP contribution in [-0.4, -0.2) is 36.2 Å². The van der Waals surface area contributed by atoms with Crippen LogP contribution >= 0.6 is 23.2 Å². The molecule has 0 atom stereocenters. The number of halogens is 2. The average Bonchev–Trinajstić information content (AvgIpc) is 2.85. The number of nitrogens with zero attached hydrogens (tertiary/aromatic N) is 1. The van der Waals surface area contributed by atoms with E-state index >= 15 is 0 Å². The molecule has 0 radical (unpaired) electrons. The fourth-order valence-corrected chi connectivity index (χ4v) is 3.43. The molecule has 0 saturated carbocycles. The third kappa shape index (κ3) is 3.31. The first-order chi connectivity index (χ1) is 11.3. The molecule has 0 amide bonds. The van der Waals surface area contributed by atoms with Gasteiger partial charge in [-0.15, -0.1) is 0 Å². The van der Waals surface area contributed by atoms with Gasteiger partial charge in [0.05, 0.1) is 21.4 Å². The first kappa shape index (κ1) is 17.0. The highest BCUT2D eigenvalue weighted by molar-refractivity contribution is 7.91. The molecule has 3 rings (SSSR count). The third-order valence-corrected chi connectivity index (χ3v) is 4.94. The third-order valence-electron chi connectivity index (χ3n) is 3.43. The van der Waals surface area contributed by atoms with E-state index in [1.165, 1.54) is 0 Å².